The molecule has 1 rings (SSSR count). The molecule has 0 aromatic heterocycles. The number of ether oxygens (including phenoxy) is 2. The molecule has 0 amide bonds. The van der Waals surface area contributed by atoms with Crippen LogP contribution in [0.2, 0.25) is 0 Å². The molecule has 0 unspecified atom stereocenters. The van der Waals surface area contributed by atoms with Gasteiger partial charge in [-0.2, -0.15) is 0 Å². The van der Waals surface area contributed by atoms with Gasteiger partial charge in [-0.25, -0.2) is 4.39 Å². The maximum atomic E-state index is 13.5. The zero-order valence-electron chi connectivity index (χ0n) is 13.0. The molecular formula is C16H26FNO2. The summed E-state index contributed by atoms with van der Waals surface area (Å²) < 4.78 is 24.6. The van der Waals surface area contributed by atoms with E-state index in [2.05, 4.69) is 12.2 Å². The van der Waals surface area contributed by atoms with Crippen molar-refractivity contribution in [1.29, 1.82) is 0 Å². The van der Waals surface area contributed by atoms with Gasteiger partial charge in [0.1, 0.15) is 18.2 Å². The molecule has 1 aromatic carbocycles. The Kier molecular flexibility index (Phi) is 6.96. The highest BCUT2D eigenvalue weighted by atomic mass is 19.1. The maximum absolute atomic E-state index is 13.5. The molecule has 0 saturated heterocycles. The average molecular weight is 283 g/mol. The highest BCUT2D eigenvalue weighted by Crippen LogP contribution is 2.17. The first-order valence-corrected chi connectivity index (χ1v) is 7.17. The second kappa shape index (κ2) is 8.22. The van der Waals surface area contributed by atoms with Crippen LogP contribution in [0.1, 0.15) is 39.7 Å². The topological polar surface area (TPSA) is 30.5 Å². The molecule has 0 atom stereocenters. The van der Waals surface area contributed by atoms with Crippen molar-refractivity contribution in [2.45, 2.75) is 46.3 Å². The standard InChI is InChI=1S/C16H26FNO2/c1-5-6-18-12-13-9-14(17)11-15(10-13)19-7-8-20-16(2,3)4/h9-11,18H,5-8,12H2,1-4H3. The molecule has 0 aliphatic rings. The first-order valence-electron chi connectivity index (χ1n) is 7.17. The van der Waals surface area contributed by atoms with Gasteiger partial charge in [0.05, 0.1) is 12.2 Å². The quantitative estimate of drug-likeness (QED) is 0.740. The summed E-state index contributed by atoms with van der Waals surface area (Å²) in [6, 6.07) is 4.80. The molecule has 0 heterocycles. The summed E-state index contributed by atoms with van der Waals surface area (Å²) in [4.78, 5) is 0. The Morgan fingerprint density at radius 3 is 2.55 bits per heavy atom. The normalized spacial score (nSPS) is 11.7. The van der Waals surface area contributed by atoms with Crippen LogP contribution in [-0.2, 0) is 11.3 Å². The first-order chi connectivity index (χ1) is 9.40. The third-order valence-corrected chi connectivity index (χ3v) is 2.57. The van der Waals surface area contributed by atoms with Gasteiger partial charge in [0.25, 0.3) is 0 Å². The van der Waals surface area contributed by atoms with Gasteiger partial charge >= 0.3 is 0 Å². The summed E-state index contributed by atoms with van der Waals surface area (Å²) in [6.07, 6.45) is 1.06. The molecule has 0 bridgehead atoms. The summed E-state index contributed by atoms with van der Waals surface area (Å²) in [5, 5.41) is 3.25. The molecule has 20 heavy (non-hydrogen) atoms. The summed E-state index contributed by atoms with van der Waals surface area (Å²) >= 11 is 0. The number of hydrogen-bond acceptors (Lipinski definition) is 3. The highest BCUT2D eigenvalue weighted by Gasteiger charge is 2.09. The van der Waals surface area contributed by atoms with Gasteiger partial charge in [-0.3, -0.25) is 0 Å². The van der Waals surface area contributed by atoms with Gasteiger partial charge in [-0.05, 0) is 51.4 Å². The van der Waals surface area contributed by atoms with E-state index in [4.69, 9.17) is 9.47 Å². The van der Waals surface area contributed by atoms with Gasteiger partial charge in [-0.1, -0.05) is 6.92 Å². The third-order valence-electron chi connectivity index (χ3n) is 2.57. The molecule has 3 nitrogen and oxygen atoms in total. The van der Waals surface area contributed by atoms with Crippen LogP contribution in [0, 0.1) is 5.82 Å². The van der Waals surface area contributed by atoms with Crippen molar-refractivity contribution in [1.82, 2.24) is 5.32 Å². The second-order valence-electron chi connectivity index (χ2n) is 5.78. The van der Waals surface area contributed by atoms with E-state index in [1.807, 2.05) is 26.8 Å². The SMILES string of the molecule is CCCNCc1cc(F)cc(OCCOC(C)(C)C)c1. The van der Waals surface area contributed by atoms with Gasteiger partial charge in [0, 0.05) is 12.6 Å². The predicted octanol–water partition coefficient (Wildman–Crippen LogP) is 3.52. The molecule has 0 radical (unpaired) electrons. The lowest BCUT2D eigenvalue weighted by atomic mass is 10.2. The molecule has 0 saturated carbocycles. The lowest BCUT2D eigenvalue weighted by Gasteiger charge is -2.19. The number of benzene rings is 1. The average Bonchev–Trinajstić information content (AvgIpc) is 2.33. The van der Waals surface area contributed by atoms with Crippen molar-refractivity contribution in [2.75, 3.05) is 19.8 Å². The summed E-state index contributed by atoms with van der Waals surface area (Å²) in [7, 11) is 0. The van der Waals surface area contributed by atoms with Gasteiger partial charge in [0.2, 0.25) is 0 Å². The second-order valence-corrected chi connectivity index (χ2v) is 5.78. The van der Waals surface area contributed by atoms with Gasteiger partial charge < -0.3 is 14.8 Å². The van der Waals surface area contributed by atoms with E-state index in [9.17, 15) is 4.39 Å². The Hall–Kier alpha value is -1.13. The third kappa shape index (κ3) is 7.46. The monoisotopic (exact) mass is 283 g/mol. The summed E-state index contributed by atoms with van der Waals surface area (Å²) in [6.45, 7) is 10.6. The van der Waals surface area contributed by atoms with E-state index in [-0.39, 0.29) is 11.4 Å². The predicted molar refractivity (Wildman–Crippen MR) is 79.6 cm³/mol. The van der Waals surface area contributed by atoms with Crippen LogP contribution in [0.3, 0.4) is 0 Å². The van der Waals surface area contributed by atoms with Crippen molar-refractivity contribution >= 4 is 0 Å². The Morgan fingerprint density at radius 2 is 1.90 bits per heavy atom. The van der Waals surface area contributed by atoms with Gasteiger partial charge in [-0.15, -0.1) is 0 Å². The molecule has 1 N–H and O–H groups in total. The molecule has 0 aliphatic carbocycles. The van der Waals surface area contributed by atoms with E-state index in [1.54, 1.807) is 0 Å². The minimum Gasteiger partial charge on any atom is -0.491 e. The fraction of sp³-hybridized carbons (Fsp3) is 0.625. The number of rotatable bonds is 8. The zero-order valence-corrected chi connectivity index (χ0v) is 13.0. The van der Waals surface area contributed by atoms with Crippen LogP contribution in [0.4, 0.5) is 4.39 Å². The summed E-state index contributed by atoms with van der Waals surface area (Å²) in [5.41, 5.74) is 0.714. The maximum Gasteiger partial charge on any atom is 0.127 e. The first kappa shape index (κ1) is 16.9. The van der Waals surface area contributed by atoms with Crippen LogP contribution >= 0.6 is 0 Å². The van der Waals surface area contributed by atoms with Crippen LogP contribution < -0.4 is 10.1 Å². The molecular weight excluding hydrogens is 257 g/mol. The number of halogens is 1. The van der Waals surface area contributed by atoms with Crippen molar-refractivity contribution < 1.29 is 13.9 Å². The molecule has 1 aromatic rings. The van der Waals surface area contributed by atoms with E-state index in [1.165, 1.54) is 12.1 Å². The van der Waals surface area contributed by atoms with Crippen molar-refractivity contribution in [2.24, 2.45) is 0 Å². The molecule has 114 valence electrons. The molecule has 0 fully saturated rings. The largest absolute Gasteiger partial charge is 0.491 e. The van der Waals surface area contributed by atoms with Crippen LogP contribution in [0.15, 0.2) is 18.2 Å². The van der Waals surface area contributed by atoms with Crippen molar-refractivity contribution in [3.05, 3.63) is 29.6 Å². The van der Waals surface area contributed by atoms with Crippen LogP contribution in [0.5, 0.6) is 5.75 Å². The molecule has 0 aliphatic heterocycles. The molecule has 0 spiro atoms. The Labute approximate surface area is 121 Å². The number of hydrogen-bond donors (Lipinski definition) is 1. The summed E-state index contributed by atoms with van der Waals surface area (Å²) in [5.74, 6) is 0.281. The smallest absolute Gasteiger partial charge is 0.127 e. The fourth-order valence-electron chi connectivity index (χ4n) is 1.72. The molecule has 4 heteroatoms. The van der Waals surface area contributed by atoms with E-state index < -0.39 is 0 Å². The minimum atomic E-state index is -0.271. The van der Waals surface area contributed by atoms with E-state index in [0.717, 1.165) is 18.5 Å². The van der Waals surface area contributed by atoms with Crippen molar-refractivity contribution in [3.8, 4) is 5.75 Å². The number of nitrogens with one attached hydrogen (secondary N) is 1. The van der Waals surface area contributed by atoms with Crippen molar-refractivity contribution in [3.63, 3.8) is 0 Å². The highest BCUT2D eigenvalue weighted by molar-refractivity contribution is 5.29. The zero-order chi connectivity index (χ0) is 15.0. The van der Waals surface area contributed by atoms with E-state index in [0.29, 0.717) is 25.5 Å². The Morgan fingerprint density at radius 1 is 1.15 bits per heavy atom. The van der Waals surface area contributed by atoms with E-state index >= 15 is 0 Å². The Balaban J connectivity index is 2.44. The lowest BCUT2D eigenvalue weighted by molar-refractivity contribution is -0.0163. The van der Waals surface area contributed by atoms with Crippen LogP contribution in [0.25, 0.3) is 0 Å². The minimum absolute atomic E-state index is 0.180. The Bertz CT molecular complexity index is 402. The van der Waals surface area contributed by atoms with Crippen LogP contribution in [-0.4, -0.2) is 25.4 Å². The lowest BCUT2D eigenvalue weighted by Crippen LogP contribution is -2.22. The fourth-order valence-corrected chi connectivity index (χ4v) is 1.72. The van der Waals surface area contributed by atoms with Gasteiger partial charge in [0.15, 0.2) is 0 Å².